The predicted molar refractivity (Wildman–Crippen MR) is 84.9 cm³/mol. The molecule has 2 aromatic carbocycles. The van der Waals surface area contributed by atoms with Crippen molar-refractivity contribution in [2.24, 2.45) is 0 Å². The average molecular weight is 293 g/mol. The van der Waals surface area contributed by atoms with E-state index < -0.39 is 0 Å². The van der Waals surface area contributed by atoms with Crippen molar-refractivity contribution in [3.63, 3.8) is 0 Å². The van der Waals surface area contributed by atoms with Gasteiger partial charge in [-0.25, -0.2) is 0 Å². The number of nitrogens with one attached hydrogen (secondary N) is 1. The number of aromatic nitrogens is 3. The number of amides is 1. The number of aryl methyl sites for hydroxylation is 1. The molecule has 0 saturated carbocycles. The number of rotatable bonds is 3. The van der Waals surface area contributed by atoms with E-state index in [-0.39, 0.29) is 17.4 Å². The molecular formula is C16H15N5O. The van der Waals surface area contributed by atoms with Crippen molar-refractivity contribution in [3.05, 3.63) is 65.9 Å². The Morgan fingerprint density at radius 1 is 1.09 bits per heavy atom. The number of nitrogen functional groups attached to an aromatic ring is 1. The average Bonchev–Trinajstić information content (AvgIpc) is 2.90. The topological polar surface area (TPSA) is 85.8 Å². The van der Waals surface area contributed by atoms with Crippen molar-refractivity contribution in [3.8, 4) is 5.69 Å². The van der Waals surface area contributed by atoms with E-state index in [1.807, 2.05) is 61.5 Å². The molecule has 1 aromatic heterocycles. The molecule has 3 aromatic rings. The molecule has 0 atom stereocenters. The van der Waals surface area contributed by atoms with Gasteiger partial charge in [0.1, 0.15) is 0 Å². The minimum atomic E-state index is -0.384. The lowest BCUT2D eigenvalue weighted by Crippen LogP contribution is -2.14. The highest BCUT2D eigenvalue weighted by Gasteiger charge is 2.17. The van der Waals surface area contributed by atoms with E-state index in [2.05, 4.69) is 15.5 Å². The van der Waals surface area contributed by atoms with E-state index >= 15 is 0 Å². The summed E-state index contributed by atoms with van der Waals surface area (Å²) in [5.41, 5.74) is 8.40. The molecule has 0 unspecified atom stereocenters. The number of hydrogen-bond acceptors (Lipinski definition) is 4. The van der Waals surface area contributed by atoms with Gasteiger partial charge in [0.15, 0.2) is 11.5 Å². The van der Waals surface area contributed by atoms with Crippen LogP contribution < -0.4 is 11.1 Å². The molecule has 0 aliphatic rings. The molecule has 110 valence electrons. The van der Waals surface area contributed by atoms with Gasteiger partial charge >= 0.3 is 0 Å². The van der Waals surface area contributed by atoms with Crippen LogP contribution in [-0.4, -0.2) is 20.9 Å². The lowest BCUT2D eigenvalue weighted by molar-refractivity contribution is 0.102. The molecule has 0 aliphatic carbocycles. The Labute approximate surface area is 127 Å². The van der Waals surface area contributed by atoms with E-state index in [9.17, 15) is 4.79 Å². The van der Waals surface area contributed by atoms with Gasteiger partial charge in [-0.15, -0.1) is 15.0 Å². The number of benzene rings is 2. The Bertz CT molecular complexity index is 810. The molecular weight excluding hydrogens is 278 g/mol. The summed E-state index contributed by atoms with van der Waals surface area (Å²) < 4.78 is 0. The Hall–Kier alpha value is -3.15. The minimum Gasteiger partial charge on any atom is -0.380 e. The summed E-state index contributed by atoms with van der Waals surface area (Å²) in [5, 5.41) is 11.0. The maximum atomic E-state index is 12.3. The first kappa shape index (κ1) is 13.8. The van der Waals surface area contributed by atoms with E-state index in [1.54, 1.807) is 0 Å². The number of nitrogens with two attached hydrogens (primary N) is 1. The molecule has 0 radical (unpaired) electrons. The lowest BCUT2D eigenvalue weighted by Gasteiger charge is -2.03. The Kier molecular flexibility index (Phi) is 3.57. The van der Waals surface area contributed by atoms with Gasteiger partial charge in [-0.1, -0.05) is 30.3 Å². The highest BCUT2D eigenvalue weighted by atomic mass is 16.2. The molecule has 6 nitrogen and oxygen atoms in total. The SMILES string of the molecule is Cc1cccc(NC(=O)c2nn(-c3ccccc3)nc2N)c1. The van der Waals surface area contributed by atoms with Crippen molar-refractivity contribution >= 4 is 17.4 Å². The van der Waals surface area contributed by atoms with Gasteiger partial charge in [0.2, 0.25) is 0 Å². The standard InChI is InChI=1S/C16H15N5O/c1-11-6-5-7-12(10-11)18-16(22)14-15(17)20-21(19-14)13-8-3-2-4-9-13/h2-10H,1H3,(H2,17,20)(H,18,22). The molecule has 6 heteroatoms. The first-order chi connectivity index (χ1) is 10.6. The van der Waals surface area contributed by atoms with E-state index in [0.717, 1.165) is 11.3 Å². The van der Waals surface area contributed by atoms with Gasteiger partial charge in [0.25, 0.3) is 5.91 Å². The number of anilines is 2. The third-order valence-corrected chi connectivity index (χ3v) is 3.12. The van der Waals surface area contributed by atoms with E-state index in [1.165, 1.54) is 4.80 Å². The van der Waals surface area contributed by atoms with Crippen LogP contribution in [0.1, 0.15) is 16.1 Å². The van der Waals surface area contributed by atoms with Crippen molar-refractivity contribution in [2.45, 2.75) is 6.92 Å². The monoisotopic (exact) mass is 293 g/mol. The van der Waals surface area contributed by atoms with Crippen LogP contribution in [0.25, 0.3) is 5.69 Å². The molecule has 0 saturated heterocycles. The first-order valence-corrected chi connectivity index (χ1v) is 6.80. The van der Waals surface area contributed by atoms with Crippen molar-refractivity contribution in [1.29, 1.82) is 0 Å². The van der Waals surface area contributed by atoms with Crippen LogP contribution in [0, 0.1) is 6.92 Å². The number of carbonyl (C=O) groups is 1. The van der Waals surface area contributed by atoms with Crippen LogP contribution >= 0.6 is 0 Å². The molecule has 3 N–H and O–H groups in total. The summed E-state index contributed by atoms with van der Waals surface area (Å²) in [4.78, 5) is 13.6. The quantitative estimate of drug-likeness (QED) is 0.776. The van der Waals surface area contributed by atoms with Crippen LogP contribution in [0.2, 0.25) is 0 Å². The van der Waals surface area contributed by atoms with Gasteiger partial charge in [0.05, 0.1) is 5.69 Å². The zero-order chi connectivity index (χ0) is 15.5. The second kappa shape index (κ2) is 5.69. The van der Waals surface area contributed by atoms with Crippen molar-refractivity contribution in [2.75, 3.05) is 11.1 Å². The van der Waals surface area contributed by atoms with Crippen LogP contribution in [0.4, 0.5) is 11.5 Å². The summed E-state index contributed by atoms with van der Waals surface area (Å²) in [6.07, 6.45) is 0. The minimum absolute atomic E-state index is 0.0917. The molecule has 0 spiro atoms. The number of carbonyl (C=O) groups excluding carboxylic acids is 1. The van der Waals surface area contributed by atoms with Gasteiger partial charge in [-0.2, -0.15) is 0 Å². The van der Waals surface area contributed by atoms with Crippen LogP contribution in [0.5, 0.6) is 0 Å². The van der Waals surface area contributed by atoms with Gasteiger partial charge in [-0.05, 0) is 36.8 Å². The fourth-order valence-corrected chi connectivity index (χ4v) is 2.07. The van der Waals surface area contributed by atoms with Crippen molar-refractivity contribution in [1.82, 2.24) is 15.0 Å². The molecule has 22 heavy (non-hydrogen) atoms. The summed E-state index contributed by atoms with van der Waals surface area (Å²) in [5.74, 6) is -0.292. The summed E-state index contributed by atoms with van der Waals surface area (Å²) in [6.45, 7) is 1.95. The third-order valence-electron chi connectivity index (χ3n) is 3.12. The first-order valence-electron chi connectivity index (χ1n) is 6.80. The molecule has 0 bridgehead atoms. The second-order valence-corrected chi connectivity index (χ2v) is 4.88. The number of para-hydroxylation sites is 1. The Morgan fingerprint density at radius 3 is 2.59 bits per heavy atom. The largest absolute Gasteiger partial charge is 0.380 e. The third kappa shape index (κ3) is 2.80. The number of hydrogen-bond donors (Lipinski definition) is 2. The Balaban J connectivity index is 1.86. The summed E-state index contributed by atoms with van der Waals surface area (Å²) in [7, 11) is 0. The van der Waals surface area contributed by atoms with Crippen LogP contribution in [0.3, 0.4) is 0 Å². The zero-order valence-electron chi connectivity index (χ0n) is 12.0. The van der Waals surface area contributed by atoms with Crippen LogP contribution in [-0.2, 0) is 0 Å². The second-order valence-electron chi connectivity index (χ2n) is 4.88. The fourth-order valence-electron chi connectivity index (χ4n) is 2.07. The Morgan fingerprint density at radius 2 is 1.86 bits per heavy atom. The molecule has 3 rings (SSSR count). The zero-order valence-corrected chi connectivity index (χ0v) is 12.0. The van der Waals surface area contributed by atoms with E-state index in [0.29, 0.717) is 5.69 Å². The smallest absolute Gasteiger partial charge is 0.280 e. The van der Waals surface area contributed by atoms with Crippen molar-refractivity contribution < 1.29 is 4.79 Å². The normalized spacial score (nSPS) is 10.4. The highest BCUT2D eigenvalue weighted by Crippen LogP contribution is 2.14. The van der Waals surface area contributed by atoms with E-state index in [4.69, 9.17) is 5.73 Å². The summed E-state index contributed by atoms with van der Waals surface area (Å²) in [6, 6.07) is 16.8. The lowest BCUT2D eigenvalue weighted by atomic mass is 10.2. The molecule has 1 amide bonds. The maximum Gasteiger partial charge on any atom is 0.280 e. The predicted octanol–water partition coefficient (Wildman–Crippen LogP) is 2.41. The van der Waals surface area contributed by atoms with Gasteiger partial charge in [-0.3, -0.25) is 4.79 Å². The molecule has 0 fully saturated rings. The van der Waals surface area contributed by atoms with Gasteiger partial charge in [0, 0.05) is 5.69 Å². The maximum absolute atomic E-state index is 12.3. The summed E-state index contributed by atoms with van der Waals surface area (Å²) >= 11 is 0. The number of nitrogens with zero attached hydrogens (tertiary/aromatic N) is 3. The van der Waals surface area contributed by atoms with Crippen LogP contribution in [0.15, 0.2) is 54.6 Å². The fraction of sp³-hybridized carbons (Fsp3) is 0.0625. The molecule has 1 heterocycles. The highest BCUT2D eigenvalue weighted by molar-refractivity contribution is 6.05. The molecule has 0 aliphatic heterocycles. The van der Waals surface area contributed by atoms with Gasteiger partial charge < -0.3 is 11.1 Å².